The first-order chi connectivity index (χ1) is 10.2. The Hall–Kier alpha value is -0.610. The van der Waals surface area contributed by atoms with Crippen molar-refractivity contribution >= 4 is 5.91 Å². The lowest BCUT2D eigenvalue weighted by molar-refractivity contribution is -0.134. The van der Waals surface area contributed by atoms with Crippen LogP contribution >= 0.6 is 0 Å². The maximum Gasteiger partial charge on any atom is 0.223 e. The van der Waals surface area contributed by atoms with Gasteiger partial charge in [0.1, 0.15) is 0 Å². The summed E-state index contributed by atoms with van der Waals surface area (Å²) < 4.78 is 5.81. The number of carbonyl (C=O) groups is 1. The van der Waals surface area contributed by atoms with E-state index in [1.165, 1.54) is 6.54 Å². The van der Waals surface area contributed by atoms with Crippen LogP contribution in [-0.4, -0.2) is 60.6 Å². The first-order valence-corrected chi connectivity index (χ1v) is 8.88. The van der Waals surface area contributed by atoms with E-state index in [1.54, 1.807) is 0 Å². The SMILES string of the molecule is C[C@H]1CN(CC2CCN(C(=O)CC(C)(C)C)CC2)C[C@H](C)O1. The summed E-state index contributed by atoms with van der Waals surface area (Å²) in [6.07, 6.45) is 3.65. The molecule has 0 aromatic heterocycles. The van der Waals surface area contributed by atoms with Crippen LogP contribution in [0, 0.1) is 11.3 Å². The fourth-order valence-corrected chi connectivity index (χ4v) is 3.73. The lowest BCUT2D eigenvalue weighted by Crippen LogP contribution is -2.48. The summed E-state index contributed by atoms with van der Waals surface area (Å²) in [4.78, 5) is 16.9. The van der Waals surface area contributed by atoms with Crippen LogP contribution in [0.25, 0.3) is 0 Å². The van der Waals surface area contributed by atoms with E-state index in [4.69, 9.17) is 4.74 Å². The minimum Gasteiger partial charge on any atom is -0.373 e. The largest absolute Gasteiger partial charge is 0.373 e. The molecule has 2 rings (SSSR count). The molecule has 4 heteroatoms. The Morgan fingerprint density at radius 2 is 1.64 bits per heavy atom. The number of hydrogen-bond acceptors (Lipinski definition) is 3. The Bertz CT molecular complexity index is 360. The van der Waals surface area contributed by atoms with Gasteiger partial charge >= 0.3 is 0 Å². The van der Waals surface area contributed by atoms with Crippen molar-refractivity contribution in [3.05, 3.63) is 0 Å². The van der Waals surface area contributed by atoms with Crippen molar-refractivity contribution in [3.63, 3.8) is 0 Å². The second kappa shape index (κ2) is 7.31. The zero-order valence-electron chi connectivity index (χ0n) is 15.1. The van der Waals surface area contributed by atoms with E-state index in [2.05, 4.69) is 44.4 Å². The van der Waals surface area contributed by atoms with Gasteiger partial charge in [-0.3, -0.25) is 9.69 Å². The predicted octanol–water partition coefficient (Wildman–Crippen LogP) is 2.77. The molecular formula is C18H34N2O2. The molecule has 0 N–H and O–H groups in total. The third-order valence-electron chi connectivity index (χ3n) is 4.66. The van der Waals surface area contributed by atoms with Gasteiger partial charge < -0.3 is 9.64 Å². The maximum atomic E-state index is 12.3. The molecule has 0 saturated carbocycles. The van der Waals surface area contributed by atoms with Gasteiger partial charge in [-0.25, -0.2) is 0 Å². The van der Waals surface area contributed by atoms with E-state index in [0.717, 1.165) is 44.9 Å². The van der Waals surface area contributed by atoms with Gasteiger partial charge in [0.25, 0.3) is 0 Å². The van der Waals surface area contributed by atoms with Crippen LogP contribution in [0.5, 0.6) is 0 Å². The normalized spacial score (nSPS) is 28.9. The van der Waals surface area contributed by atoms with Crippen LogP contribution in [-0.2, 0) is 9.53 Å². The molecule has 0 aliphatic carbocycles. The molecule has 1 amide bonds. The zero-order chi connectivity index (χ0) is 16.3. The van der Waals surface area contributed by atoms with Gasteiger partial charge in [-0.2, -0.15) is 0 Å². The summed E-state index contributed by atoms with van der Waals surface area (Å²) in [5.74, 6) is 1.07. The molecule has 0 bridgehead atoms. The van der Waals surface area contributed by atoms with Gasteiger partial charge in [0.05, 0.1) is 12.2 Å². The standard InChI is InChI=1S/C18H34N2O2/c1-14-11-19(12-15(2)22-14)13-16-6-8-20(9-7-16)17(21)10-18(3,4)5/h14-16H,6-13H2,1-5H3/t14-,15-/m0/s1. The summed E-state index contributed by atoms with van der Waals surface area (Å²) in [6.45, 7) is 15.9. The first kappa shape index (κ1) is 17.7. The van der Waals surface area contributed by atoms with Gasteiger partial charge in [0, 0.05) is 39.1 Å². The molecule has 2 fully saturated rings. The molecule has 128 valence electrons. The Morgan fingerprint density at radius 3 is 2.14 bits per heavy atom. The van der Waals surface area contributed by atoms with E-state index >= 15 is 0 Å². The smallest absolute Gasteiger partial charge is 0.223 e. The number of rotatable bonds is 3. The predicted molar refractivity (Wildman–Crippen MR) is 89.8 cm³/mol. The highest BCUT2D eigenvalue weighted by Gasteiger charge is 2.29. The van der Waals surface area contributed by atoms with Gasteiger partial charge in [0.2, 0.25) is 5.91 Å². The van der Waals surface area contributed by atoms with E-state index in [9.17, 15) is 4.79 Å². The van der Waals surface area contributed by atoms with Crippen LogP contribution in [0.15, 0.2) is 0 Å². The number of likely N-dealkylation sites (tertiary alicyclic amines) is 1. The molecule has 4 nitrogen and oxygen atoms in total. The fraction of sp³-hybridized carbons (Fsp3) is 0.944. The maximum absolute atomic E-state index is 12.3. The first-order valence-electron chi connectivity index (χ1n) is 8.88. The quantitative estimate of drug-likeness (QED) is 0.803. The summed E-state index contributed by atoms with van der Waals surface area (Å²) in [7, 11) is 0. The molecule has 0 radical (unpaired) electrons. The number of piperidine rings is 1. The minimum absolute atomic E-state index is 0.0913. The van der Waals surface area contributed by atoms with Crippen molar-refractivity contribution in [1.29, 1.82) is 0 Å². The van der Waals surface area contributed by atoms with E-state index in [1.807, 2.05) is 0 Å². The number of ether oxygens (including phenoxy) is 1. The van der Waals surface area contributed by atoms with E-state index in [-0.39, 0.29) is 5.41 Å². The molecular weight excluding hydrogens is 276 g/mol. The van der Waals surface area contributed by atoms with Crippen molar-refractivity contribution in [3.8, 4) is 0 Å². The average molecular weight is 310 g/mol. The molecule has 2 aliphatic rings. The number of carbonyl (C=O) groups excluding carboxylic acids is 1. The molecule has 2 saturated heterocycles. The number of nitrogens with zero attached hydrogens (tertiary/aromatic N) is 2. The zero-order valence-corrected chi connectivity index (χ0v) is 15.1. The topological polar surface area (TPSA) is 32.8 Å². The molecule has 0 spiro atoms. The molecule has 2 heterocycles. The third-order valence-corrected chi connectivity index (χ3v) is 4.66. The molecule has 0 aromatic rings. The van der Waals surface area contributed by atoms with Gasteiger partial charge in [-0.15, -0.1) is 0 Å². The Balaban J connectivity index is 1.74. The van der Waals surface area contributed by atoms with E-state index < -0.39 is 0 Å². The monoisotopic (exact) mass is 310 g/mol. The van der Waals surface area contributed by atoms with Gasteiger partial charge in [-0.1, -0.05) is 20.8 Å². The fourth-order valence-electron chi connectivity index (χ4n) is 3.73. The highest BCUT2D eigenvalue weighted by molar-refractivity contribution is 5.76. The van der Waals surface area contributed by atoms with Crippen LogP contribution in [0.1, 0.15) is 53.9 Å². The highest BCUT2D eigenvalue weighted by atomic mass is 16.5. The summed E-state index contributed by atoms with van der Waals surface area (Å²) >= 11 is 0. The van der Waals surface area contributed by atoms with Crippen LogP contribution in [0.2, 0.25) is 0 Å². The number of amides is 1. The molecule has 22 heavy (non-hydrogen) atoms. The highest BCUT2D eigenvalue weighted by Crippen LogP contribution is 2.24. The van der Waals surface area contributed by atoms with Gasteiger partial charge in [0.15, 0.2) is 0 Å². The van der Waals surface area contributed by atoms with Crippen molar-refractivity contribution in [2.24, 2.45) is 11.3 Å². The van der Waals surface area contributed by atoms with Crippen LogP contribution in [0.4, 0.5) is 0 Å². The Labute approximate surface area is 136 Å². The third kappa shape index (κ3) is 5.54. The van der Waals surface area contributed by atoms with Gasteiger partial charge in [-0.05, 0) is 38.0 Å². The number of hydrogen-bond donors (Lipinski definition) is 0. The summed E-state index contributed by atoms with van der Waals surface area (Å²) in [5.41, 5.74) is 0.0913. The van der Waals surface area contributed by atoms with Crippen molar-refractivity contribution in [2.75, 3.05) is 32.7 Å². The summed E-state index contributed by atoms with van der Waals surface area (Å²) in [6, 6.07) is 0. The molecule has 0 unspecified atom stereocenters. The molecule has 0 aromatic carbocycles. The van der Waals surface area contributed by atoms with Crippen LogP contribution in [0.3, 0.4) is 0 Å². The Kier molecular flexibility index (Phi) is 5.89. The second-order valence-corrected chi connectivity index (χ2v) is 8.54. The Morgan fingerprint density at radius 1 is 1.09 bits per heavy atom. The average Bonchev–Trinajstić information content (AvgIpc) is 2.36. The van der Waals surface area contributed by atoms with E-state index in [0.29, 0.717) is 24.5 Å². The number of morpholine rings is 1. The summed E-state index contributed by atoms with van der Waals surface area (Å²) in [5, 5.41) is 0. The van der Waals surface area contributed by atoms with Crippen molar-refractivity contribution in [2.45, 2.75) is 66.1 Å². The van der Waals surface area contributed by atoms with Crippen molar-refractivity contribution < 1.29 is 9.53 Å². The second-order valence-electron chi connectivity index (χ2n) is 8.54. The molecule has 2 aliphatic heterocycles. The van der Waals surface area contributed by atoms with Crippen molar-refractivity contribution in [1.82, 2.24) is 9.80 Å². The lowest BCUT2D eigenvalue weighted by Gasteiger charge is -2.39. The molecule has 2 atom stereocenters. The minimum atomic E-state index is 0.0913. The van der Waals surface area contributed by atoms with Crippen LogP contribution < -0.4 is 0 Å². The lowest BCUT2D eigenvalue weighted by atomic mass is 9.90.